The van der Waals surface area contributed by atoms with E-state index in [1.54, 1.807) is 4.68 Å². The Morgan fingerprint density at radius 3 is 2.57 bits per heavy atom. The molecule has 1 aliphatic heterocycles. The first-order valence-corrected chi connectivity index (χ1v) is 11.6. The van der Waals surface area contributed by atoms with E-state index in [1.807, 2.05) is 67.2 Å². The number of hydrogen-bond donors (Lipinski definition) is 1. The maximum Gasteiger partial charge on any atom is 0.260 e. The van der Waals surface area contributed by atoms with E-state index in [1.165, 1.54) is 17.1 Å². The van der Waals surface area contributed by atoms with Gasteiger partial charge in [-0.3, -0.25) is 9.69 Å². The molecule has 0 radical (unpaired) electrons. The van der Waals surface area contributed by atoms with Crippen molar-refractivity contribution in [1.82, 2.24) is 14.7 Å². The van der Waals surface area contributed by atoms with Crippen LogP contribution in [0.5, 0.6) is 0 Å². The van der Waals surface area contributed by atoms with Gasteiger partial charge in [0.2, 0.25) is 0 Å². The predicted molar refractivity (Wildman–Crippen MR) is 125 cm³/mol. The molecule has 0 atom stereocenters. The molecule has 5 nitrogen and oxygen atoms in total. The van der Waals surface area contributed by atoms with Crippen LogP contribution < -0.4 is 5.32 Å². The largest absolute Gasteiger partial charge is 0.322 e. The standard InChI is InChI=1S/C23H25ClN4OS/c1-17-21(22(24)28(26-17)16-18-6-3-2-4-7-18)23(29)25-20-9-5-8-19(14-20)15-27-10-12-30-13-11-27/h2-9,14H,10-13,15-16H2,1H3,(H,25,29). The molecule has 1 aromatic heterocycles. The van der Waals surface area contributed by atoms with Crippen LogP contribution in [0.15, 0.2) is 54.6 Å². The van der Waals surface area contributed by atoms with Crippen LogP contribution in [0.1, 0.15) is 27.2 Å². The van der Waals surface area contributed by atoms with Crippen molar-refractivity contribution in [3.05, 3.63) is 82.1 Å². The number of nitrogens with zero attached hydrogens (tertiary/aromatic N) is 3. The molecule has 0 unspecified atom stereocenters. The number of benzene rings is 2. The minimum Gasteiger partial charge on any atom is -0.322 e. The highest BCUT2D eigenvalue weighted by molar-refractivity contribution is 7.99. The summed E-state index contributed by atoms with van der Waals surface area (Å²) < 4.78 is 1.67. The van der Waals surface area contributed by atoms with Gasteiger partial charge < -0.3 is 5.32 Å². The monoisotopic (exact) mass is 440 g/mol. The van der Waals surface area contributed by atoms with Crippen LogP contribution in [0, 0.1) is 6.92 Å². The average molecular weight is 441 g/mol. The highest BCUT2D eigenvalue weighted by Crippen LogP contribution is 2.23. The Kier molecular flexibility index (Phi) is 6.77. The number of aromatic nitrogens is 2. The Hall–Kier alpha value is -2.28. The molecule has 1 N–H and O–H groups in total. The fraction of sp³-hybridized carbons (Fsp3) is 0.304. The van der Waals surface area contributed by atoms with Crippen LogP contribution in [0.25, 0.3) is 0 Å². The molecule has 7 heteroatoms. The minimum absolute atomic E-state index is 0.233. The van der Waals surface area contributed by atoms with E-state index in [9.17, 15) is 4.79 Å². The molecular formula is C23H25ClN4OS. The molecule has 2 aromatic carbocycles. The summed E-state index contributed by atoms with van der Waals surface area (Å²) in [6.07, 6.45) is 0. The lowest BCUT2D eigenvalue weighted by atomic mass is 10.1. The number of thioether (sulfide) groups is 1. The Morgan fingerprint density at radius 1 is 1.07 bits per heavy atom. The van der Waals surface area contributed by atoms with E-state index in [0.717, 1.165) is 30.9 Å². The van der Waals surface area contributed by atoms with E-state index in [-0.39, 0.29) is 5.91 Å². The third-order valence-electron chi connectivity index (χ3n) is 5.16. The highest BCUT2D eigenvalue weighted by Gasteiger charge is 2.21. The molecule has 4 rings (SSSR count). The van der Waals surface area contributed by atoms with Crippen molar-refractivity contribution in [1.29, 1.82) is 0 Å². The van der Waals surface area contributed by atoms with Crippen LogP contribution >= 0.6 is 23.4 Å². The third kappa shape index (κ3) is 5.06. The molecule has 1 fully saturated rings. The van der Waals surface area contributed by atoms with Gasteiger partial charge in [-0.25, -0.2) is 4.68 Å². The molecule has 1 aliphatic rings. The number of halogens is 1. The average Bonchev–Trinajstić information content (AvgIpc) is 3.03. The van der Waals surface area contributed by atoms with E-state index in [2.05, 4.69) is 21.4 Å². The normalized spacial score (nSPS) is 14.6. The molecule has 0 spiro atoms. The fourth-order valence-corrected chi connectivity index (χ4v) is 4.93. The van der Waals surface area contributed by atoms with Gasteiger partial charge in [0.1, 0.15) is 5.15 Å². The first-order chi connectivity index (χ1) is 14.6. The van der Waals surface area contributed by atoms with E-state index in [0.29, 0.717) is 23.0 Å². The van der Waals surface area contributed by atoms with Crippen LogP contribution in [-0.4, -0.2) is 45.2 Å². The lowest BCUT2D eigenvalue weighted by molar-refractivity contribution is 0.102. The molecular weight excluding hydrogens is 416 g/mol. The zero-order valence-corrected chi connectivity index (χ0v) is 18.5. The number of nitrogens with one attached hydrogen (secondary N) is 1. The zero-order chi connectivity index (χ0) is 20.9. The second-order valence-corrected chi connectivity index (χ2v) is 9.02. The van der Waals surface area contributed by atoms with Gasteiger partial charge >= 0.3 is 0 Å². The van der Waals surface area contributed by atoms with E-state index in [4.69, 9.17) is 11.6 Å². The quantitative estimate of drug-likeness (QED) is 0.603. The van der Waals surface area contributed by atoms with Crippen molar-refractivity contribution < 1.29 is 4.79 Å². The van der Waals surface area contributed by atoms with Gasteiger partial charge in [-0.15, -0.1) is 0 Å². The SMILES string of the molecule is Cc1nn(Cc2ccccc2)c(Cl)c1C(=O)Nc1cccc(CN2CCSCC2)c1. The summed E-state index contributed by atoms with van der Waals surface area (Å²) in [5, 5.41) is 7.83. The summed E-state index contributed by atoms with van der Waals surface area (Å²) in [5.41, 5.74) is 4.09. The maximum atomic E-state index is 13.0. The summed E-state index contributed by atoms with van der Waals surface area (Å²) in [6.45, 7) is 5.46. The summed E-state index contributed by atoms with van der Waals surface area (Å²) >= 11 is 8.54. The molecule has 3 aromatic rings. The molecule has 156 valence electrons. The van der Waals surface area contributed by atoms with Crippen LogP contribution in [0.4, 0.5) is 5.69 Å². The first-order valence-electron chi connectivity index (χ1n) is 10.1. The highest BCUT2D eigenvalue weighted by atomic mass is 35.5. The minimum atomic E-state index is -0.233. The number of anilines is 1. The first kappa shape index (κ1) is 21.0. The van der Waals surface area contributed by atoms with Crippen molar-refractivity contribution in [2.45, 2.75) is 20.0 Å². The third-order valence-corrected chi connectivity index (χ3v) is 6.49. The van der Waals surface area contributed by atoms with Gasteiger partial charge in [0.15, 0.2) is 0 Å². The van der Waals surface area contributed by atoms with Crippen LogP contribution in [0.2, 0.25) is 5.15 Å². The van der Waals surface area contributed by atoms with Crippen molar-refractivity contribution >= 4 is 35.0 Å². The topological polar surface area (TPSA) is 50.2 Å². The maximum absolute atomic E-state index is 13.0. The molecule has 2 heterocycles. The van der Waals surface area contributed by atoms with Gasteiger partial charge in [0.25, 0.3) is 5.91 Å². The molecule has 0 aliphatic carbocycles. The molecule has 0 bridgehead atoms. The molecule has 1 amide bonds. The van der Waals surface area contributed by atoms with Gasteiger partial charge in [0, 0.05) is 36.8 Å². The fourth-order valence-electron chi connectivity index (χ4n) is 3.63. The summed E-state index contributed by atoms with van der Waals surface area (Å²) in [7, 11) is 0. The predicted octanol–water partition coefficient (Wildman–Crippen LogP) is 4.69. The van der Waals surface area contributed by atoms with Gasteiger partial charge in [-0.1, -0.05) is 54.1 Å². The molecule has 30 heavy (non-hydrogen) atoms. The van der Waals surface area contributed by atoms with Crippen LogP contribution in [-0.2, 0) is 13.1 Å². The van der Waals surface area contributed by atoms with Gasteiger partial charge in [-0.2, -0.15) is 16.9 Å². The summed E-state index contributed by atoms with van der Waals surface area (Å²) in [6, 6.07) is 18.0. The van der Waals surface area contributed by atoms with Crippen molar-refractivity contribution in [3.8, 4) is 0 Å². The Labute approximate surface area is 186 Å². The molecule has 1 saturated heterocycles. The lowest BCUT2D eigenvalue weighted by Crippen LogP contribution is -2.31. The Morgan fingerprint density at radius 2 is 1.80 bits per heavy atom. The van der Waals surface area contributed by atoms with E-state index >= 15 is 0 Å². The van der Waals surface area contributed by atoms with Crippen molar-refractivity contribution in [2.24, 2.45) is 0 Å². The number of carbonyl (C=O) groups is 1. The lowest BCUT2D eigenvalue weighted by Gasteiger charge is -2.26. The number of aryl methyl sites for hydroxylation is 1. The second kappa shape index (κ2) is 9.69. The van der Waals surface area contributed by atoms with E-state index < -0.39 is 0 Å². The number of hydrogen-bond acceptors (Lipinski definition) is 4. The number of amides is 1. The Balaban J connectivity index is 1.47. The smallest absolute Gasteiger partial charge is 0.260 e. The van der Waals surface area contributed by atoms with Crippen molar-refractivity contribution in [3.63, 3.8) is 0 Å². The van der Waals surface area contributed by atoms with Crippen molar-refractivity contribution in [2.75, 3.05) is 29.9 Å². The van der Waals surface area contributed by atoms with Crippen LogP contribution in [0.3, 0.4) is 0 Å². The summed E-state index contributed by atoms with van der Waals surface area (Å²) in [5.74, 6) is 2.13. The zero-order valence-electron chi connectivity index (χ0n) is 17.0. The number of carbonyl (C=O) groups excluding carboxylic acids is 1. The summed E-state index contributed by atoms with van der Waals surface area (Å²) in [4.78, 5) is 15.4. The second-order valence-electron chi connectivity index (χ2n) is 7.44. The number of rotatable bonds is 6. The Bertz CT molecular complexity index is 1020. The van der Waals surface area contributed by atoms with Gasteiger partial charge in [-0.05, 0) is 30.2 Å². The van der Waals surface area contributed by atoms with Gasteiger partial charge in [0.05, 0.1) is 17.8 Å². The molecule has 0 saturated carbocycles.